The van der Waals surface area contributed by atoms with Gasteiger partial charge in [0.1, 0.15) is 16.5 Å². The number of aryl methyl sites for hydroxylation is 2. The Labute approximate surface area is 219 Å². The summed E-state index contributed by atoms with van der Waals surface area (Å²) in [6, 6.07) is 2.22. The smallest absolute Gasteiger partial charge is 0.222 e. The molecule has 1 saturated heterocycles. The van der Waals surface area contributed by atoms with E-state index in [4.69, 9.17) is 14.8 Å². The van der Waals surface area contributed by atoms with E-state index in [9.17, 15) is 4.79 Å². The lowest BCUT2D eigenvalue weighted by Gasteiger charge is -2.35. The predicted octanol–water partition coefficient (Wildman–Crippen LogP) is 5.24. The molecule has 10 heteroatoms. The van der Waals surface area contributed by atoms with Gasteiger partial charge < -0.3 is 9.80 Å². The first-order valence-electron chi connectivity index (χ1n) is 12.9. The van der Waals surface area contributed by atoms with Crippen molar-refractivity contribution >= 4 is 33.3 Å². The molecule has 0 saturated carbocycles. The van der Waals surface area contributed by atoms with Crippen LogP contribution in [0, 0.1) is 0 Å². The van der Waals surface area contributed by atoms with E-state index < -0.39 is 0 Å². The first-order chi connectivity index (χ1) is 17.6. The van der Waals surface area contributed by atoms with Gasteiger partial charge in [0.2, 0.25) is 5.91 Å². The monoisotopic (exact) mass is 515 g/mol. The molecule has 198 valence electrons. The lowest BCUT2D eigenvalue weighted by molar-refractivity contribution is -0.160. The average molecular weight is 516 g/mol. The Balaban J connectivity index is 0.00000222. The molecule has 1 fully saturated rings. The zero-order valence-electron chi connectivity index (χ0n) is 22.3. The van der Waals surface area contributed by atoms with Crippen LogP contribution in [-0.4, -0.2) is 71.8 Å². The van der Waals surface area contributed by atoms with Crippen molar-refractivity contribution in [3.63, 3.8) is 0 Å². The summed E-state index contributed by atoms with van der Waals surface area (Å²) in [5, 5.41) is 10.4. The lowest BCUT2D eigenvalue weighted by atomic mass is 10.2. The molecule has 0 aromatic carbocycles. The molecule has 0 atom stereocenters. The number of thiophene rings is 1. The molecule has 0 N–H and O–H groups in total. The highest BCUT2D eigenvalue weighted by molar-refractivity contribution is 7.18. The third kappa shape index (κ3) is 8.37. The van der Waals surface area contributed by atoms with Crippen molar-refractivity contribution in [3.8, 4) is 0 Å². The zero-order valence-corrected chi connectivity index (χ0v) is 23.1. The van der Waals surface area contributed by atoms with Crippen molar-refractivity contribution in [1.29, 1.82) is 0 Å². The Bertz CT molecular complexity index is 1000. The van der Waals surface area contributed by atoms with Crippen LogP contribution >= 0.6 is 11.3 Å². The largest absolute Gasteiger partial charge is 0.352 e. The summed E-state index contributed by atoms with van der Waals surface area (Å²) >= 11 is 1.75. The van der Waals surface area contributed by atoms with Crippen molar-refractivity contribution in [2.75, 3.05) is 50.8 Å². The first kappa shape index (κ1) is 29.4. The summed E-state index contributed by atoms with van der Waals surface area (Å²) in [4.78, 5) is 34.5. The molecule has 2 aromatic heterocycles. The van der Waals surface area contributed by atoms with Crippen LogP contribution in [-0.2, 0) is 22.5 Å². The van der Waals surface area contributed by atoms with Gasteiger partial charge in [0.15, 0.2) is 0 Å². The van der Waals surface area contributed by atoms with Gasteiger partial charge in [-0.3, -0.25) is 9.63 Å². The van der Waals surface area contributed by atoms with E-state index in [0.29, 0.717) is 45.6 Å². The maximum absolute atomic E-state index is 12.7. The summed E-state index contributed by atoms with van der Waals surface area (Å²) < 4.78 is 0. The topological polar surface area (TPSA) is 86.5 Å². The summed E-state index contributed by atoms with van der Waals surface area (Å²) in [7, 11) is 0. The van der Waals surface area contributed by atoms with Gasteiger partial charge in [0.05, 0.1) is 25.1 Å². The molecule has 1 aliphatic rings. The van der Waals surface area contributed by atoms with Gasteiger partial charge in [-0.2, -0.15) is 10.3 Å². The molecule has 0 spiro atoms. The molecule has 0 bridgehead atoms. The third-order valence-corrected chi connectivity index (χ3v) is 6.67. The predicted molar refractivity (Wildman–Crippen MR) is 148 cm³/mol. The van der Waals surface area contributed by atoms with Gasteiger partial charge in [0.25, 0.3) is 0 Å². The van der Waals surface area contributed by atoms with Crippen molar-refractivity contribution in [2.45, 2.75) is 53.4 Å². The molecule has 36 heavy (non-hydrogen) atoms. The fourth-order valence-corrected chi connectivity index (χ4v) is 4.66. The number of hydroxylamine groups is 1. The van der Waals surface area contributed by atoms with Crippen LogP contribution in [0.15, 0.2) is 41.7 Å². The van der Waals surface area contributed by atoms with E-state index in [1.807, 2.05) is 18.7 Å². The second-order valence-corrected chi connectivity index (χ2v) is 9.05. The number of piperazine rings is 1. The Morgan fingerprint density at radius 1 is 1.17 bits per heavy atom. The fourth-order valence-electron chi connectivity index (χ4n) is 3.68. The third-order valence-electron chi connectivity index (χ3n) is 5.50. The SMILES string of the molecule is C=CCN=NN(CC=C)OCCCC(=O)N1CCN(c2nc(CC)nc3sc(CC)cc23)CC1.CC. The summed E-state index contributed by atoms with van der Waals surface area (Å²) in [6.45, 7) is 19.7. The summed E-state index contributed by atoms with van der Waals surface area (Å²) in [5.41, 5.74) is 0. The number of hydrogen-bond acceptors (Lipinski definition) is 8. The quantitative estimate of drug-likeness (QED) is 0.157. The number of aromatic nitrogens is 2. The number of anilines is 1. The number of hydrogen-bond donors (Lipinski definition) is 0. The van der Waals surface area contributed by atoms with E-state index in [2.05, 4.69) is 48.3 Å². The standard InChI is InChI=1S/C24H35N7O2S.C2H6/c1-5-11-25-28-31(12-6-2)33-17-9-10-22(32)29-13-15-30(16-14-29)23-20-18-19(7-3)34-24(20)27-21(8-4)26-23;1-2/h5-6,18H,1-2,7-17H2,3-4H3;1-2H3. The van der Waals surface area contributed by atoms with Crippen LogP contribution in [0.1, 0.15) is 51.2 Å². The van der Waals surface area contributed by atoms with Crippen molar-refractivity contribution in [3.05, 3.63) is 42.1 Å². The van der Waals surface area contributed by atoms with Crippen molar-refractivity contribution in [1.82, 2.24) is 20.0 Å². The van der Waals surface area contributed by atoms with Gasteiger partial charge in [-0.05, 0) is 24.1 Å². The van der Waals surface area contributed by atoms with E-state index in [0.717, 1.165) is 47.8 Å². The molecular weight excluding hydrogens is 474 g/mol. The molecule has 2 aromatic rings. The molecule has 0 unspecified atom stereocenters. The lowest BCUT2D eigenvalue weighted by Crippen LogP contribution is -2.49. The second-order valence-electron chi connectivity index (χ2n) is 7.93. The number of amides is 1. The molecule has 0 radical (unpaired) electrons. The van der Waals surface area contributed by atoms with Crippen LogP contribution < -0.4 is 4.90 Å². The highest BCUT2D eigenvalue weighted by Crippen LogP contribution is 2.32. The first-order valence-corrected chi connectivity index (χ1v) is 13.7. The number of fused-ring (bicyclic) bond motifs is 1. The minimum Gasteiger partial charge on any atom is -0.352 e. The maximum atomic E-state index is 12.7. The normalized spacial score (nSPS) is 13.6. The van der Waals surface area contributed by atoms with Gasteiger partial charge in [-0.15, -0.1) is 24.5 Å². The van der Waals surface area contributed by atoms with Gasteiger partial charge >= 0.3 is 0 Å². The Hall–Kier alpha value is -2.85. The highest BCUT2D eigenvalue weighted by atomic mass is 32.1. The molecule has 1 amide bonds. The number of nitrogens with zero attached hydrogens (tertiary/aromatic N) is 7. The number of rotatable bonds is 13. The average Bonchev–Trinajstić information content (AvgIpc) is 3.35. The maximum Gasteiger partial charge on any atom is 0.222 e. The minimum absolute atomic E-state index is 0.151. The molecule has 1 aliphatic heterocycles. The van der Waals surface area contributed by atoms with Crippen LogP contribution in [0.3, 0.4) is 0 Å². The second kappa shape index (κ2) is 16.0. The van der Waals surface area contributed by atoms with E-state index in [-0.39, 0.29) is 5.91 Å². The summed E-state index contributed by atoms with van der Waals surface area (Å²) in [5.74, 6) is 2.03. The van der Waals surface area contributed by atoms with E-state index >= 15 is 0 Å². The van der Waals surface area contributed by atoms with E-state index in [1.165, 1.54) is 10.0 Å². The van der Waals surface area contributed by atoms with Crippen molar-refractivity contribution in [2.24, 2.45) is 10.3 Å². The van der Waals surface area contributed by atoms with Crippen LogP contribution in [0.2, 0.25) is 0 Å². The van der Waals surface area contributed by atoms with E-state index in [1.54, 1.807) is 23.5 Å². The Morgan fingerprint density at radius 2 is 1.92 bits per heavy atom. The molecule has 3 rings (SSSR count). The molecule has 9 nitrogen and oxygen atoms in total. The van der Waals surface area contributed by atoms with Crippen molar-refractivity contribution < 1.29 is 9.63 Å². The van der Waals surface area contributed by atoms with Crippen LogP contribution in [0.4, 0.5) is 5.82 Å². The summed E-state index contributed by atoms with van der Waals surface area (Å²) in [6.07, 6.45) is 6.21. The zero-order chi connectivity index (χ0) is 26.3. The van der Waals surface area contributed by atoms with Crippen LogP contribution in [0.5, 0.6) is 0 Å². The van der Waals surface area contributed by atoms with Gasteiger partial charge in [0, 0.05) is 43.9 Å². The Kier molecular flexibility index (Phi) is 13.1. The van der Waals surface area contributed by atoms with Crippen LogP contribution in [0.25, 0.3) is 10.2 Å². The Morgan fingerprint density at radius 3 is 2.56 bits per heavy atom. The highest BCUT2D eigenvalue weighted by Gasteiger charge is 2.24. The molecule has 3 heterocycles. The molecular formula is C26H41N7O2S. The number of carbonyl (C=O) groups excluding carboxylic acids is 1. The number of carbonyl (C=O) groups is 1. The fraction of sp³-hybridized carbons (Fsp3) is 0.577. The minimum atomic E-state index is 0.151. The van der Waals surface area contributed by atoms with Gasteiger partial charge in [-0.25, -0.2) is 9.97 Å². The molecule has 0 aliphatic carbocycles. The van der Waals surface area contributed by atoms with Gasteiger partial charge in [-0.1, -0.05) is 39.8 Å².